The van der Waals surface area contributed by atoms with E-state index in [-0.39, 0.29) is 22.6 Å². The molecule has 1 heterocycles. The van der Waals surface area contributed by atoms with Crippen molar-refractivity contribution in [2.75, 3.05) is 20.1 Å². The number of ether oxygens (including phenoxy) is 1. The van der Waals surface area contributed by atoms with Crippen molar-refractivity contribution < 1.29 is 17.9 Å². The van der Waals surface area contributed by atoms with E-state index in [0.717, 1.165) is 12.8 Å². The van der Waals surface area contributed by atoms with Gasteiger partial charge in [-0.05, 0) is 52.1 Å². The van der Waals surface area contributed by atoms with Crippen molar-refractivity contribution in [1.82, 2.24) is 14.9 Å². The number of rotatable bonds is 4. The second-order valence-corrected chi connectivity index (χ2v) is 9.05. The highest BCUT2D eigenvalue weighted by Gasteiger charge is 2.26. The van der Waals surface area contributed by atoms with Crippen LogP contribution in [0.4, 0.5) is 4.79 Å². The number of amides is 2. The van der Waals surface area contributed by atoms with E-state index in [2.05, 4.69) is 10.0 Å². The number of urea groups is 1. The van der Waals surface area contributed by atoms with Gasteiger partial charge in [-0.2, -0.15) is 0 Å². The van der Waals surface area contributed by atoms with E-state index in [1.165, 1.54) is 19.2 Å². The third kappa shape index (κ3) is 5.61. The molecule has 1 aromatic carbocycles. The average Bonchev–Trinajstić information content (AvgIpc) is 2.54. The van der Waals surface area contributed by atoms with Crippen LogP contribution in [0.2, 0.25) is 0 Å². The van der Waals surface area contributed by atoms with Crippen molar-refractivity contribution in [3.05, 3.63) is 24.3 Å². The molecule has 0 unspecified atom stereocenters. The lowest BCUT2D eigenvalue weighted by atomic mass is 10.1. The second kappa shape index (κ2) is 7.61. The van der Waals surface area contributed by atoms with Gasteiger partial charge in [-0.15, -0.1) is 0 Å². The average molecular weight is 369 g/mol. The lowest BCUT2D eigenvalue weighted by molar-refractivity contribution is 0.108. The Balaban J connectivity index is 1.87. The quantitative estimate of drug-likeness (QED) is 0.849. The molecule has 8 heteroatoms. The molecule has 1 aliphatic rings. The zero-order valence-corrected chi connectivity index (χ0v) is 16.0. The van der Waals surface area contributed by atoms with E-state index in [1.807, 2.05) is 20.8 Å². The smallest absolute Gasteiger partial charge is 0.317 e. The Morgan fingerprint density at radius 3 is 2.20 bits per heavy atom. The van der Waals surface area contributed by atoms with Gasteiger partial charge in [0.05, 0.1) is 4.90 Å². The lowest BCUT2D eigenvalue weighted by Gasteiger charge is -2.34. The van der Waals surface area contributed by atoms with Gasteiger partial charge >= 0.3 is 6.03 Å². The molecule has 2 amide bonds. The van der Waals surface area contributed by atoms with Gasteiger partial charge in [0, 0.05) is 31.5 Å². The van der Waals surface area contributed by atoms with Crippen molar-refractivity contribution in [3.63, 3.8) is 0 Å². The van der Waals surface area contributed by atoms with E-state index in [9.17, 15) is 13.2 Å². The Labute approximate surface area is 149 Å². The topological polar surface area (TPSA) is 87.7 Å². The van der Waals surface area contributed by atoms with Gasteiger partial charge < -0.3 is 15.0 Å². The molecule has 1 saturated heterocycles. The SMILES string of the molecule is CNS(=O)(=O)c1ccc(OC2CCN(C(=O)NC(C)(C)C)CC2)cc1. The molecule has 140 valence electrons. The van der Waals surface area contributed by atoms with Gasteiger partial charge in [-0.3, -0.25) is 0 Å². The Hall–Kier alpha value is -1.80. The normalized spacial score (nSPS) is 16.6. The molecule has 0 spiro atoms. The molecule has 0 atom stereocenters. The van der Waals surface area contributed by atoms with Crippen LogP contribution in [-0.2, 0) is 10.0 Å². The predicted octanol–water partition coefficient (Wildman–Crippen LogP) is 1.95. The van der Waals surface area contributed by atoms with E-state index < -0.39 is 10.0 Å². The van der Waals surface area contributed by atoms with Crippen LogP contribution in [0.15, 0.2) is 29.2 Å². The van der Waals surface area contributed by atoms with Crippen LogP contribution in [0.5, 0.6) is 5.75 Å². The summed E-state index contributed by atoms with van der Waals surface area (Å²) < 4.78 is 31.6. The highest BCUT2D eigenvalue weighted by atomic mass is 32.2. The zero-order chi connectivity index (χ0) is 18.7. The number of sulfonamides is 1. The minimum atomic E-state index is -3.44. The van der Waals surface area contributed by atoms with Gasteiger partial charge in [0.2, 0.25) is 10.0 Å². The first kappa shape index (κ1) is 19.5. The van der Waals surface area contributed by atoms with Gasteiger partial charge in [0.1, 0.15) is 11.9 Å². The minimum absolute atomic E-state index is 0.0189. The number of nitrogens with zero attached hydrogens (tertiary/aromatic N) is 1. The Morgan fingerprint density at radius 2 is 1.72 bits per heavy atom. The summed E-state index contributed by atoms with van der Waals surface area (Å²) >= 11 is 0. The van der Waals surface area contributed by atoms with Crippen LogP contribution in [-0.4, -0.2) is 51.1 Å². The summed E-state index contributed by atoms with van der Waals surface area (Å²) in [5, 5.41) is 2.96. The molecule has 0 saturated carbocycles. The standard InChI is InChI=1S/C17H27N3O4S/c1-17(2,3)19-16(21)20-11-9-14(10-12-20)24-13-5-7-15(8-6-13)25(22,23)18-4/h5-8,14,18H,9-12H2,1-4H3,(H,19,21). The number of hydrogen-bond acceptors (Lipinski definition) is 4. The number of nitrogens with one attached hydrogen (secondary N) is 2. The third-order valence-electron chi connectivity index (χ3n) is 3.92. The number of hydrogen-bond donors (Lipinski definition) is 2. The van der Waals surface area contributed by atoms with Crippen LogP contribution in [0.3, 0.4) is 0 Å². The van der Waals surface area contributed by atoms with Crippen molar-refractivity contribution >= 4 is 16.1 Å². The van der Waals surface area contributed by atoms with Crippen molar-refractivity contribution in [2.24, 2.45) is 0 Å². The van der Waals surface area contributed by atoms with Gasteiger partial charge in [-0.1, -0.05) is 0 Å². The lowest BCUT2D eigenvalue weighted by Crippen LogP contribution is -2.51. The maximum atomic E-state index is 12.1. The first-order chi connectivity index (χ1) is 11.6. The number of carbonyl (C=O) groups is 1. The summed E-state index contributed by atoms with van der Waals surface area (Å²) in [5.74, 6) is 0.632. The Morgan fingerprint density at radius 1 is 1.16 bits per heavy atom. The number of benzene rings is 1. The maximum Gasteiger partial charge on any atom is 0.317 e. The van der Waals surface area contributed by atoms with Crippen molar-refractivity contribution in [3.8, 4) is 5.75 Å². The van der Waals surface area contributed by atoms with Crippen LogP contribution in [0, 0.1) is 0 Å². The molecular weight excluding hydrogens is 342 g/mol. The molecule has 2 rings (SSSR count). The van der Waals surface area contributed by atoms with Gasteiger partial charge in [0.25, 0.3) is 0 Å². The Bertz CT molecular complexity index is 688. The number of likely N-dealkylation sites (tertiary alicyclic amines) is 1. The molecule has 2 N–H and O–H groups in total. The zero-order valence-electron chi connectivity index (χ0n) is 15.2. The molecule has 1 fully saturated rings. The summed E-state index contributed by atoms with van der Waals surface area (Å²) in [4.78, 5) is 14.2. The molecule has 1 aromatic rings. The minimum Gasteiger partial charge on any atom is -0.490 e. The molecular formula is C17H27N3O4S. The van der Waals surface area contributed by atoms with Gasteiger partial charge in [-0.25, -0.2) is 17.9 Å². The van der Waals surface area contributed by atoms with E-state index in [0.29, 0.717) is 18.8 Å². The molecule has 0 aliphatic carbocycles. The fourth-order valence-electron chi connectivity index (χ4n) is 2.58. The molecule has 1 aliphatic heterocycles. The molecule has 25 heavy (non-hydrogen) atoms. The summed E-state index contributed by atoms with van der Waals surface area (Å²) in [7, 11) is -2.06. The third-order valence-corrected chi connectivity index (χ3v) is 5.35. The van der Waals surface area contributed by atoms with Crippen molar-refractivity contribution in [2.45, 2.75) is 50.2 Å². The summed E-state index contributed by atoms with van der Waals surface area (Å²) in [6.07, 6.45) is 1.51. The van der Waals surface area contributed by atoms with Crippen LogP contribution >= 0.6 is 0 Å². The first-order valence-corrected chi connectivity index (χ1v) is 9.86. The molecule has 0 aromatic heterocycles. The largest absolute Gasteiger partial charge is 0.490 e. The van der Waals surface area contributed by atoms with Crippen molar-refractivity contribution in [1.29, 1.82) is 0 Å². The Kier molecular flexibility index (Phi) is 5.95. The maximum absolute atomic E-state index is 12.1. The number of carbonyl (C=O) groups excluding carboxylic acids is 1. The van der Waals surface area contributed by atoms with Crippen LogP contribution < -0.4 is 14.8 Å². The van der Waals surface area contributed by atoms with Gasteiger partial charge in [0.15, 0.2) is 0 Å². The van der Waals surface area contributed by atoms with E-state index in [4.69, 9.17) is 4.74 Å². The van der Waals surface area contributed by atoms with E-state index >= 15 is 0 Å². The summed E-state index contributed by atoms with van der Waals surface area (Å²) in [5.41, 5.74) is -0.250. The molecule has 0 bridgehead atoms. The second-order valence-electron chi connectivity index (χ2n) is 7.16. The van der Waals surface area contributed by atoms with Crippen LogP contribution in [0.1, 0.15) is 33.6 Å². The molecule has 7 nitrogen and oxygen atoms in total. The fourth-order valence-corrected chi connectivity index (χ4v) is 3.31. The summed E-state index contributed by atoms with van der Waals surface area (Å²) in [6, 6.07) is 6.30. The summed E-state index contributed by atoms with van der Waals surface area (Å²) in [6.45, 7) is 7.15. The molecule has 0 radical (unpaired) electrons. The highest BCUT2D eigenvalue weighted by Crippen LogP contribution is 2.21. The monoisotopic (exact) mass is 369 g/mol. The highest BCUT2D eigenvalue weighted by molar-refractivity contribution is 7.89. The van der Waals surface area contributed by atoms with E-state index in [1.54, 1.807) is 17.0 Å². The fraction of sp³-hybridized carbons (Fsp3) is 0.588. The first-order valence-electron chi connectivity index (χ1n) is 8.38. The predicted molar refractivity (Wildman–Crippen MR) is 96.2 cm³/mol. The number of piperidine rings is 1. The van der Waals surface area contributed by atoms with Crippen LogP contribution in [0.25, 0.3) is 0 Å².